The van der Waals surface area contributed by atoms with Crippen molar-refractivity contribution in [3.63, 3.8) is 0 Å². The Balaban J connectivity index is 1.81. The van der Waals surface area contributed by atoms with Gasteiger partial charge in [-0.25, -0.2) is 14.6 Å². The second kappa shape index (κ2) is 8.41. The van der Waals surface area contributed by atoms with Crippen LogP contribution in [0.15, 0.2) is 49.2 Å². The molecule has 0 atom stereocenters. The maximum absolute atomic E-state index is 13.4. The molecule has 31 heavy (non-hydrogen) atoms. The molecule has 162 valence electrons. The summed E-state index contributed by atoms with van der Waals surface area (Å²) in [6, 6.07) is 1.99. The van der Waals surface area contributed by atoms with E-state index in [9.17, 15) is 31.1 Å². The summed E-state index contributed by atoms with van der Waals surface area (Å²) in [4.78, 5) is 23.0. The lowest BCUT2D eigenvalue weighted by Crippen LogP contribution is -2.28. The highest BCUT2D eigenvalue weighted by atomic mass is 19.4. The quantitative estimate of drug-likeness (QED) is 0.357. The monoisotopic (exact) mass is 443 g/mol. The standard InChI is InChI=1S/C17H11F6N7O/c18-16(19,20)11-3-1-2-10(14(11)17(21,22)23)15-26-9-30(29-15)7-4-13(31)28-27-12-8-24-5-6-25-12/h1-9H,(H,25,27)(H,28,31). The van der Waals surface area contributed by atoms with Crippen LogP contribution in [0.1, 0.15) is 11.1 Å². The van der Waals surface area contributed by atoms with Crippen molar-refractivity contribution in [2.45, 2.75) is 12.4 Å². The number of carbonyl (C=O) groups excluding carboxylic acids is 1. The van der Waals surface area contributed by atoms with Gasteiger partial charge in [0.2, 0.25) is 0 Å². The van der Waals surface area contributed by atoms with E-state index >= 15 is 0 Å². The lowest BCUT2D eigenvalue weighted by atomic mass is 9.99. The Kier molecular flexibility index (Phi) is 5.90. The number of benzene rings is 1. The van der Waals surface area contributed by atoms with Crippen LogP contribution in [0.5, 0.6) is 0 Å². The predicted molar refractivity (Wildman–Crippen MR) is 94.6 cm³/mol. The van der Waals surface area contributed by atoms with Gasteiger partial charge in [0.15, 0.2) is 11.6 Å². The Bertz CT molecular complexity index is 1090. The van der Waals surface area contributed by atoms with Gasteiger partial charge in [-0.05, 0) is 6.07 Å². The molecular formula is C17H11F6N7O. The summed E-state index contributed by atoms with van der Waals surface area (Å²) in [7, 11) is 0. The predicted octanol–water partition coefficient (Wildman–Crippen LogP) is 3.39. The molecule has 0 aliphatic heterocycles. The highest BCUT2D eigenvalue weighted by Crippen LogP contribution is 2.44. The van der Waals surface area contributed by atoms with Crippen molar-refractivity contribution in [1.29, 1.82) is 0 Å². The first-order chi connectivity index (χ1) is 14.6. The van der Waals surface area contributed by atoms with Crippen LogP contribution in [0.25, 0.3) is 17.6 Å². The zero-order valence-corrected chi connectivity index (χ0v) is 15.1. The number of amides is 1. The van der Waals surface area contributed by atoms with Crippen LogP contribution in [-0.2, 0) is 17.1 Å². The molecule has 8 nitrogen and oxygen atoms in total. The number of halogens is 6. The summed E-state index contributed by atoms with van der Waals surface area (Å²) in [6.07, 6.45) is -3.44. The highest BCUT2D eigenvalue weighted by molar-refractivity contribution is 5.90. The van der Waals surface area contributed by atoms with Crippen molar-refractivity contribution in [1.82, 2.24) is 30.2 Å². The number of nitrogens with zero attached hydrogens (tertiary/aromatic N) is 5. The van der Waals surface area contributed by atoms with Crippen molar-refractivity contribution in [3.8, 4) is 11.4 Å². The molecule has 0 radical (unpaired) electrons. The normalized spacial score (nSPS) is 12.2. The molecule has 14 heteroatoms. The molecule has 0 unspecified atom stereocenters. The molecule has 0 aliphatic rings. The first kappa shape index (κ1) is 21.7. The summed E-state index contributed by atoms with van der Waals surface area (Å²) in [5, 5.41) is 3.70. The van der Waals surface area contributed by atoms with Gasteiger partial charge in [-0.2, -0.15) is 26.3 Å². The minimum atomic E-state index is -5.30. The zero-order chi connectivity index (χ0) is 22.6. The van der Waals surface area contributed by atoms with Crippen LogP contribution < -0.4 is 10.9 Å². The molecule has 2 N–H and O–H groups in total. The molecule has 0 fully saturated rings. The summed E-state index contributed by atoms with van der Waals surface area (Å²) < 4.78 is 80.2. The molecule has 1 amide bonds. The van der Waals surface area contributed by atoms with Gasteiger partial charge in [-0.3, -0.25) is 20.6 Å². The minimum Gasteiger partial charge on any atom is -0.280 e. The summed E-state index contributed by atoms with van der Waals surface area (Å²) in [5.41, 5.74) is 0.116. The summed E-state index contributed by atoms with van der Waals surface area (Å²) in [5.74, 6) is -1.03. The van der Waals surface area contributed by atoms with Crippen molar-refractivity contribution >= 4 is 17.9 Å². The third kappa shape index (κ3) is 5.34. The number of aromatic nitrogens is 5. The van der Waals surface area contributed by atoms with Crippen LogP contribution in [0.4, 0.5) is 32.2 Å². The minimum absolute atomic E-state index is 0.247. The molecule has 2 aromatic heterocycles. The first-order valence-corrected chi connectivity index (χ1v) is 8.25. The lowest BCUT2D eigenvalue weighted by molar-refractivity contribution is -0.161. The van der Waals surface area contributed by atoms with Gasteiger partial charge in [0.25, 0.3) is 5.91 Å². The Morgan fingerprint density at radius 3 is 2.45 bits per heavy atom. The first-order valence-electron chi connectivity index (χ1n) is 8.25. The van der Waals surface area contributed by atoms with Gasteiger partial charge in [0.05, 0.1) is 17.3 Å². The molecule has 3 rings (SSSR count). The van der Waals surface area contributed by atoms with Gasteiger partial charge >= 0.3 is 12.4 Å². The Hall–Kier alpha value is -3.97. The molecule has 0 aliphatic carbocycles. The van der Waals surface area contributed by atoms with E-state index in [1.165, 1.54) is 18.6 Å². The molecule has 1 aromatic carbocycles. The fraction of sp³-hybridized carbons (Fsp3) is 0.118. The van der Waals surface area contributed by atoms with E-state index in [1.54, 1.807) is 0 Å². The Morgan fingerprint density at radius 1 is 1.03 bits per heavy atom. The van der Waals surface area contributed by atoms with E-state index in [0.29, 0.717) is 6.07 Å². The van der Waals surface area contributed by atoms with Gasteiger partial charge in [0.1, 0.15) is 6.33 Å². The largest absolute Gasteiger partial charge is 0.417 e. The molecule has 0 saturated heterocycles. The average Bonchev–Trinajstić information content (AvgIpc) is 3.18. The second-order valence-electron chi connectivity index (χ2n) is 5.79. The molecule has 0 saturated carbocycles. The van der Waals surface area contributed by atoms with E-state index < -0.39 is 40.8 Å². The smallest absolute Gasteiger partial charge is 0.280 e. The number of alkyl halides is 6. The van der Waals surface area contributed by atoms with Gasteiger partial charge < -0.3 is 0 Å². The number of hydrazine groups is 1. The van der Waals surface area contributed by atoms with Crippen LogP contribution >= 0.6 is 0 Å². The van der Waals surface area contributed by atoms with Gasteiger partial charge in [0, 0.05) is 30.2 Å². The third-order valence-electron chi connectivity index (χ3n) is 3.66. The number of hydrogen-bond donors (Lipinski definition) is 2. The van der Waals surface area contributed by atoms with E-state index in [1.807, 2.05) is 0 Å². The zero-order valence-electron chi connectivity index (χ0n) is 15.1. The van der Waals surface area contributed by atoms with E-state index in [2.05, 4.69) is 30.9 Å². The van der Waals surface area contributed by atoms with Crippen LogP contribution in [0.2, 0.25) is 0 Å². The maximum atomic E-state index is 13.4. The average molecular weight is 443 g/mol. The molecule has 0 bridgehead atoms. The van der Waals surface area contributed by atoms with E-state index in [4.69, 9.17) is 0 Å². The molecular weight excluding hydrogens is 432 g/mol. The molecule has 0 spiro atoms. The third-order valence-corrected chi connectivity index (χ3v) is 3.66. The van der Waals surface area contributed by atoms with E-state index in [-0.39, 0.29) is 5.82 Å². The molecule has 3 aromatic rings. The van der Waals surface area contributed by atoms with E-state index in [0.717, 1.165) is 35.4 Å². The van der Waals surface area contributed by atoms with Crippen molar-refractivity contribution in [3.05, 3.63) is 60.3 Å². The fourth-order valence-electron chi connectivity index (χ4n) is 2.43. The molecule has 2 heterocycles. The number of nitrogens with one attached hydrogen (secondary N) is 2. The van der Waals surface area contributed by atoms with Crippen LogP contribution in [0.3, 0.4) is 0 Å². The van der Waals surface area contributed by atoms with Gasteiger partial charge in [-0.1, -0.05) is 12.1 Å². The summed E-state index contributed by atoms with van der Waals surface area (Å²) in [6.45, 7) is 0. The topological polar surface area (TPSA) is 97.6 Å². The van der Waals surface area contributed by atoms with Gasteiger partial charge in [-0.15, -0.1) is 5.10 Å². The highest BCUT2D eigenvalue weighted by Gasteiger charge is 2.45. The summed E-state index contributed by atoms with van der Waals surface area (Å²) >= 11 is 0. The maximum Gasteiger partial charge on any atom is 0.417 e. The van der Waals surface area contributed by atoms with Crippen LogP contribution in [0, 0.1) is 0 Å². The Labute approximate surface area is 169 Å². The van der Waals surface area contributed by atoms with Crippen molar-refractivity contribution in [2.24, 2.45) is 0 Å². The van der Waals surface area contributed by atoms with Crippen LogP contribution in [-0.4, -0.2) is 30.6 Å². The number of anilines is 1. The second-order valence-corrected chi connectivity index (χ2v) is 5.79. The number of hydrogen-bond acceptors (Lipinski definition) is 6. The van der Waals surface area contributed by atoms with Crippen molar-refractivity contribution in [2.75, 3.05) is 5.43 Å². The number of rotatable bonds is 5. The SMILES string of the molecule is O=C(C=Cn1cnc(-c2cccc(C(F)(F)F)c2C(F)(F)F)n1)NNc1cnccn1. The lowest BCUT2D eigenvalue weighted by Gasteiger charge is -2.17. The fourth-order valence-corrected chi connectivity index (χ4v) is 2.43. The number of carbonyl (C=O) groups is 1. The van der Waals surface area contributed by atoms with Crippen molar-refractivity contribution < 1.29 is 31.1 Å². The Morgan fingerprint density at radius 2 is 1.81 bits per heavy atom.